The van der Waals surface area contributed by atoms with Gasteiger partial charge >= 0.3 is 0 Å². The number of nitrogens with zero attached hydrogens (tertiary/aromatic N) is 2. The van der Waals surface area contributed by atoms with E-state index in [4.69, 9.17) is 0 Å². The Bertz CT molecular complexity index is 470. The Labute approximate surface area is 136 Å². The van der Waals surface area contributed by atoms with Gasteiger partial charge in [0.1, 0.15) is 0 Å². The Morgan fingerprint density at radius 2 is 1.95 bits per heavy atom. The second-order valence-electron chi connectivity index (χ2n) is 5.71. The van der Waals surface area contributed by atoms with Crippen LogP contribution in [0.25, 0.3) is 0 Å². The maximum Gasteiger partial charge on any atom is 0.179 e. The van der Waals surface area contributed by atoms with Crippen molar-refractivity contribution in [1.82, 2.24) is 9.80 Å². The molecule has 0 radical (unpaired) electrons. The Kier molecular flexibility index (Phi) is 5.97. The van der Waals surface area contributed by atoms with Gasteiger partial charge in [0, 0.05) is 29.2 Å². The molecule has 2 unspecified atom stereocenters. The van der Waals surface area contributed by atoms with Crippen molar-refractivity contribution >= 4 is 21.7 Å². The summed E-state index contributed by atoms with van der Waals surface area (Å²) >= 11 is 3.41. The smallest absolute Gasteiger partial charge is 0.179 e. The van der Waals surface area contributed by atoms with Crippen molar-refractivity contribution in [3.8, 4) is 0 Å². The Balaban J connectivity index is 1.99. The quantitative estimate of drug-likeness (QED) is 0.732. The maximum atomic E-state index is 12.6. The first kappa shape index (κ1) is 16.7. The highest BCUT2D eigenvalue weighted by Crippen LogP contribution is 2.20. The van der Waals surface area contributed by atoms with E-state index in [0.29, 0.717) is 6.04 Å². The molecule has 4 heteroatoms. The predicted molar refractivity (Wildman–Crippen MR) is 90.8 cm³/mol. The molecule has 2 rings (SSSR count). The van der Waals surface area contributed by atoms with E-state index in [0.717, 1.165) is 36.2 Å². The van der Waals surface area contributed by atoms with Crippen LogP contribution < -0.4 is 0 Å². The first-order valence-electron chi connectivity index (χ1n) is 7.84. The van der Waals surface area contributed by atoms with Gasteiger partial charge in [-0.15, -0.1) is 0 Å². The largest absolute Gasteiger partial charge is 0.300 e. The average Bonchev–Trinajstić information content (AvgIpc) is 2.97. The fourth-order valence-corrected chi connectivity index (χ4v) is 3.44. The van der Waals surface area contributed by atoms with E-state index in [9.17, 15) is 4.79 Å². The molecule has 0 amide bonds. The molecule has 0 saturated carbocycles. The van der Waals surface area contributed by atoms with Gasteiger partial charge in [-0.25, -0.2) is 0 Å². The van der Waals surface area contributed by atoms with Crippen molar-refractivity contribution < 1.29 is 4.79 Å². The molecule has 1 aromatic carbocycles. The number of rotatable bonds is 6. The second-order valence-corrected chi connectivity index (χ2v) is 6.62. The summed E-state index contributed by atoms with van der Waals surface area (Å²) in [5.74, 6) is 0.225. The van der Waals surface area contributed by atoms with Crippen LogP contribution in [0, 0.1) is 0 Å². The van der Waals surface area contributed by atoms with E-state index in [1.165, 1.54) is 6.42 Å². The molecule has 0 spiro atoms. The van der Waals surface area contributed by atoms with Crippen LogP contribution in [0.1, 0.15) is 37.6 Å². The molecule has 21 heavy (non-hydrogen) atoms. The fourth-order valence-electron chi connectivity index (χ4n) is 3.18. The summed E-state index contributed by atoms with van der Waals surface area (Å²) in [7, 11) is 0. The molecule has 1 aromatic rings. The molecule has 1 saturated heterocycles. The number of hydrogen-bond donors (Lipinski definition) is 0. The van der Waals surface area contributed by atoms with Gasteiger partial charge in [0.05, 0.1) is 6.04 Å². The third-order valence-corrected chi connectivity index (χ3v) is 5.11. The zero-order valence-electron chi connectivity index (χ0n) is 13.2. The summed E-state index contributed by atoms with van der Waals surface area (Å²) in [5.41, 5.74) is 0.803. The second kappa shape index (κ2) is 7.52. The van der Waals surface area contributed by atoms with Crippen molar-refractivity contribution in [2.45, 2.75) is 39.3 Å². The number of carbonyl (C=O) groups is 1. The first-order valence-corrected chi connectivity index (χ1v) is 8.64. The number of hydrogen-bond acceptors (Lipinski definition) is 3. The maximum absolute atomic E-state index is 12.6. The molecule has 0 bridgehead atoms. The number of benzene rings is 1. The molecule has 1 aliphatic heterocycles. The number of likely N-dealkylation sites (N-methyl/N-ethyl adjacent to an activating group) is 1. The van der Waals surface area contributed by atoms with Crippen molar-refractivity contribution in [3.05, 3.63) is 34.3 Å². The summed E-state index contributed by atoms with van der Waals surface area (Å²) in [4.78, 5) is 17.4. The van der Waals surface area contributed by atoms with Crippen LogP contribution in [-0.4, -0.2) is 53.8 Å². The lowest BCUT2D eigenvalue weighted by Gasteiger charge is -2.28. The van der Waals surface area contributed by atoms with E-state index >= 15 is 0 Å². The highest BCUT2D eigenvalue weighted by Gasteiger charge is 2.31. The molecule has 0 aliphatic carbocycles. The van der Waals surface area contributed by atoms with Gasteiger partial charge in [-0.1, -0.05) is 41.9 Å². The van der Waals surface area contributed by atoms with Crippen LogP contribution >= 0.6 is 15.9 Å². The van der Waals surface area contributed by atoms with Crippen molar-refractivity contribution in [2.75, 3.05) is 26.2 Å². The topological polar surface area (TPSA) is 23.6 Å². The number of carbonyl (C=O) groups excluding carboxylic acids is 1. The number of likely N-dealkylation sites (tertiary alicyclic amines) is 1. The minimum absolute atomic E-state index is 0.0354. The molecular formula is C17H25BrN2O. The van der Waals surface area contributed by atoms with Crippen LogP contribution in [0.4, 0.5) is 0 Å². The molecule has 0 N–H and O–H groups in total. The van der Waals surface area contributed by atoms with Crippen molar-refractivity contribution in [3.63, 3.8) is 0 Å². The van der Waals surface area contributed by atoms with Crippen LogP contribution in [0.15, 0.2) is 28.7 Å². The van der Waals surface area contributed by atoms with Gasteiger partial charge in [-0.3, -0.25) is 14.6 Å². The molecular weight excluding hydrogens is 328 g/mol. The summed E-state index contributed by atoms with van der Waals surface area (Å²) in [6, 6.07) is 8.24. The molecule has 1 heterocycles. The van der Waals surface area contributed by atoms with Gasteiger partial charge in [-0.05, 0) is 38.6 Å². The van der Waals surface area contributed by atoms with E-state index in [1.54, 1.807) is 0 Å². The Morgan fingerprint density at radius 3 is 2.52 bits per heavy atom. The molecule has 3 nitrogen and oxygen atoms in total. The molecule has 2 atom stereocenters. The van der Waals surface area contributed by atoms with E-state index in [1.807, 2.05) is 31.2 Å². The van der Waals surface area contributed by atoms with Gasteiger partial charge in [0.2, 0.25) is 0 Å². The summed E-state index contributed by atoms with van der Waals surface area (Å²) < 4.78 is 1.01. The number of halogens is 1. The normalized spacial score (nSPS) is 20.9. The van der Waals surface area contributed by atoms with Crippen LogP contribution in [-0.2, 0) is 0 Å². The first-order chi connectivity index (χ1) is 10.1. The summed E-state index contributed by atoms with van der Waals surface area (Å²) in [5, 5.41) is 0. The summed E-state index contributed by atoms with van der Waals surface area (Å²) in [6.45, 7) is 10.7. The van der Waals surface area contributed by atoms with Crippen molar-refractivity contribution in [1.29, 1.82) is 0 Å². The molecule has 0 aromatic heterocycles. The number of Topliss-reactive ketones (excluding diaryl/α,β-unsaturated/α-hetero) is 1. The Hall–Kier alpha value is -0.710. The highest BCUT2D eigenvalue weighted by molar-refractivity contribution is 9.10. The lowest BCUT2D eigenvalue weighted by atomic mass is 10.0. The van der Waals surface area contributed by atoms with E-state index < -0.39 is 0 Å². The van der Waals surface area contributed by atoms with E-state index in [2.05, 4.69) is 39.6 Å². The average molecular weight is 353 g/mol. The zero-order valence-corrected chi connectivity index (χ0v) is 14.8. The van der Waals surface area contributed by atoms with E-state index in [-0.39, 0.29) is 11.8 Å². The highest BCUT2D eigenvalue weighted by atomic mass is 79.9. The molecule has 1 aliphatic rings. The van der Waals surface area contributed by atoms with Crippen LogP contribution in [0.3, 0.4) is 0 Å². The standard InChI is InChI=1S/C17H25BrN2O/c1-4-19(5-2)16-10-11-20(12-16)13(3)17(21)14-6-8-15(18)9-7-14/h6-9,13,16H,4-5,10-12H2,1-3H3. The lowest BCUT2D eigenvalue weighted by Crippen LogP contribution is -2.41. The number of ketones is 1. The van der Waals surface area contributed by atoms with Gasteiger partial charge in [0.15, 0.2) is 5.78 Å². The van der Waals surface area contributed by atoms with Crippen molar-refractivity contribution in [2.24, 2.45) is 0 Å². The van der Waals surface area contributed by atoms with Gasteiger partial charge in [-0.2, -0.15) is 0 Å². The summed E-state index contributed by atoms with van der Waals surface area (Å²) in [6.07, 6.45) is 1.17. The third kappa shape index (κ3) is 3.93. The lowest BCUT2D eigenvalue weighted by molar-refractivity contribution is 0.0856. The third-order valence-electron chi connectivity index (χ3n) is 4.58. The molecule has 116 valence electrons. The predicted octanol–water partition coefficient (Wildman–Crippen LogP) is 3.44. The SMILES string of the molecule is CCN(CC)C1CCN(C(C)C(=O)c2ccc(Br)cc2)C1. The molecule has 1 fully saturated rings. The monoisotopic (exact) mass is 352 g/mol. The van der Waals surface area contributed by atoms with Crippen LogP contribution in [0.2, 0.25) is 0 Å². The van der Waals surface area contributed by atoms with Gasteiger partial charge < -0.3 is 0 Å². The van der Waals surface area contributed by atoms with Gasteiger partial charge in [0.25, 0.3) is 0 Å². The van der Waals surface area contributed by atoms with Crippen LogP contribution in [0.5, 0.6) is 0 Å². The minimum Gasteiger partial charge on any atom is -0.300 e. The minimum atomic E-state index is -0.0354. The Morgan fingerprint density at radius 1 is 1.33 bits per heavy atom. The fraction of sp³-hybridized carbons (Fsp3) is 0.588. The zero-order chi connectivity index (χ0) is 15.4.